The molecule has 1 unspecified atom stereocenters. The van der Waals surface area contributed by atoms with Crippen LogP contribution in [0.15, 0.2) is 90.6 Å². The first-order chi connectivity index (χ1) is 25.0. The van der Waals surface area contributed by atoms with E-state index in [1.54, 1.807) is 0 Å². The number of aryl methyl sites for hydroxylation is 2. The molecule has 0 amide bonds. The van der Waals surface area contributed by atoms with Crippen molar-refractivity contribution in [1.29, 1.82) is 0 Å². The summed E-state index contributed by atoms with van der Waals surface area (Å²) in [7, 11) is 0. The highest BCUT2D eigenvalue weighted by Gasteiger charge is 2.33. The van der Waals surface area contributed by atoms with Gasteiger partial charge in [0.05, 0.1) is 22.4 Å². The van der Waals surface area contributed by atoms with Gasteiger partial charge in [-0.05, 0) is 103 Å². The minimum atomic E-state index is -0.0824. The van der Waals surface area contributed by atoms with Crippen molar-refractivity contribution in [2.45, 2.75) is 112 Å². The largest absolute Gasteiger partial charge is 0.457 e. The monoisotopic (exact) mass is 692 g/mol. The van der Waals surface area contributed by atoms with Crippen LogP contribution in [0.5, 0.6) is 11.5 Å². The van der Waals surface area contributed by atoms with E-state index in [1.807, 2.05) is 6.20 Å². The SMILES string of the molecule is CCCc1nn(-c2cc(Oc3ccc4c5ccccc5n(-c5cc(CC)ccn5)c4c3)cc(C(C)(C)C)c2)c(CCC)c1[C@H]1C(C)=C[C@H](C)CC1C. The Hall–Kier alpha value is -4.64. The molecule has 0 saturated heterocycles. The van der Waals surface area contributed by atoms with E-state index in [0.29, 0.717) is 17.8 Å². The highest BCUT2D eigenvalue weighted by atomic mass is 16.5. The molecule has 52 heavy (non-hydrogen) atoms. The van der Waals surface area contributed by atoms with Crippen LogP contribution in [0.25, 0.3) is 33.3 Å². The van der Waals surface area contributed by atoms with Crippen molar-refractivity contribution in [1.82, 2.24) is 19.3 Å². The van der Waals surface area contributed by atoms with Crippen LogP contribution in [0.1, 0.15) is 116 Å². The van der Waals surface area contributed by atoms with Crippen LogP contribution in [0.4, 0.5) is 0 Å². The lowest BCUT2D eigenvalue weighted by Crippen LogP contribution is -2.21. The zero-order valence-corrected chi connectivity index (χ0v) is 32.8. The number of aromatic nitrogens is 4. The molecule has 0 N–H and O–H groups in total. The molecule has 0 saturated carbocycles. The Bertz CT molecular complexity index is 2260. The zero-order valence-electron chi connectivity index (χ0n) is 32.8. The molecule has 3 atom stereocenters. The van der Waals surface area contributed by atoms with Crippen LogP contribution in [-0.2, 0) is 24.7 Å². The molecule has 1 aliphatic rings. The molecule has 5 nitrogen and oxygen atoms in total. The fourth-order valence-electron chi connectivity index (χ4n) is 8.69. The molecule has 0 spiro atoms. The van der Waals surface area contributed by atoms with Gasteiger partial charge in [0, 0.05) is 46.3 Å². The number of rotatable bonds is 10. The number of para-hydroxylation sites is 1. The fraction of sp³-hybridized carbons (Fsp3) is 0.404. The van der Waals surface area contributed by atoms with Crippen molar-refractivity contribution in [2.24, 2.45) is 11.8 Å². The first kappa shape index (κ1) is 35.7. The summed E-state index contributed by atoms with van der Waals surface area (Å²) in [5.74, 6) is 4.14. The number of nitrogens with zero attached hydrogens (tertiary/aromatic N) is 4. The van der Waals surface area contributed by atoms with E-state index < -0.39 is 0 Å². The van der Waals surface area contributed by atoms with Crippen molar-refractivity contribution < 1.29 is 4.74 Å². The van der Waals surface area contributed by atoms with Crippen molar-refractivity contribution in [3.63, 3.8) is 0 Å². The third kappa shape index (κ3) is 6.71. The van der Waals surface area contributed by atoms with Gasteiger partial charge in [-0.3, -0.25) is 4.57 Å². The topological polar surface area (TPSA) is 44.9 Å². The minimum Gasteiger partial charge on any atom is -0.457 e. The number of hydrogen-bond acceptors (Lipinski definition) is 3. The number of allylic oxidation sites excluding steroid dienone is 2. The maximum atomic E-state index is 6.88. The van der Waals surface area contributed by atoms with E-state index in [9.17, 15) is 0 Å². The van der Waals surface area contributed by atoms with Gasteiger partial charge < -0.3 is 4.74 Å². The van der Waals surface area contributed by atoms with Gasteiger partial charge in [-0.15, -0.1) is 0 Å². The summed E-state index contributed by atoms with van der Waals surface area (Å²) in [4.78, 5) is 4.83. The highest BCUT2D eigenvalue weighted by molar-refractivity contribution is 6.09. The summed E-state index contributed by atoms with van der Waals surface area (Å²) < 4.78 is 11.4. The van der Waals surface area contributed by atoms with Gasteiger partial charge in [-0.1, -0.05) is 98.1 Å². The molecule has 5 heteroatoms. The summed E-state index contributed by atoms with van der Waals surface area (Å²) in [5.41, 5.74) is 11.3. The van der Waals surface area contributed by atoms with Gasteiger partial charge in [0.25, 0.3) is 0 Å². The number of benzene rings is 3. The van der Waals surface area contributed by atoms with Gasteiger partial charge in [0.2, 0.25) is 0 Å². The fourth-order valence-corrected chi connectivity index (χ4v) is 8.69. The Balaban J connectivity index is 1.37. The highest BCUT2D eigenvalue weighted by Crippen LogP contribution is 2.44. The van der Waals surface area contributed by atoms with E-state index in [2.05, 4.69) is 150 Å². The van der Waals surface area contributed by atoms with Gasteiger partial charge in [0.15, 0.2) is 0 Å². The predicted octanol–water partition coefficient (Wildman–Crippen LogP) is 12.6. The van der Waals surface area contributed by atoms with Crippen LogP contribution >= 0.6 is 0 Å². The number of ether oxygens (including phenoxy) is 1. The quantitative estimate of drug-likeness (QED) is 0.134. The molecule has 1 aliphatic carbocycles. The van der Waals surface area contributed by atoms with Crippen molar-refractivity contribution in [3.05, 3.63) is 119 Å². The summed E-state index contributed by atoms with van der Waals surface area (Å²) >= 11 is 0. The second kappa shape index (κ2) is 14.4. The molecular weight excluding hydrogens is 637 g/mol. The van der Waals surface area contributed by atoms with Gasteiger partial charge in [-0.25, -0.2) is 9.67 Å². The molecular formula is C47H56N4O. The lowest BCUT2D eigenvalue weighted by atomic mass is 9.72. The maximum Gasteiger partial charge on any atom is 0.137 e. The van der Waals surface area contributed by atoms with Crippen molar-refractivity contribution in [2.75, 3.05) is 0 Å². The Labute approximate surface area is 310 Å². The molecule has 3 aromatic heterocycles. The van der Waals surface area contributed by atoms with Crippen molar-refractivity contribution in [3.8, 4) is 23.0 Å². The van der Waals surface area contributed by atoms with Crippen LogP contribution in [0.2, 0.25) is 0 Å². The van der Waals surface area contributed by atoms with Crippen LogP contribution in [0, 0.1) is 11.8 Å². The number of fused-ring (bicyclic) bond motifs is 3. The maximum absolute atomic E-state index is 6.88. The van der Waals surface area contributed by atoms with E-state index in [-0.39, 0.29) is 5.41 Å². The van der Waals surface area contributed by atoms with E-state index in [0.717, 1.165) is 66.1 Å². The molecule has 7 rings (SSSR count). The van der Waals surface area contributed by atoms with Gasteiger partial charge in [0.1, 0.15) is 17.3 Å². The lowest BCUT2D eigenvalue weighted by Gasteiger charge is -2.33. The average Bonchev–Trinajstić information content (AvgIpc) is 3.62. The molecule has 3 heterocycles. The smallest absolute Gasteiger partial charge is 0.137 e. The van der Waals surface area contributed by atoms with E-state index in [1.165, 1.54) is 50.8 Å². The summed E-state index contributed by atoms with van der Waals surface area (Å²) in [6.45, 7) is 20.7. The Morgan fingerprint density at radius 2 is 1.60 bits per heavy atom. The first-order valence-corrected chi connectivity index (χ1v) is 19.6. The zero-order chi connectivity index (χ0) is 36.7. The average molecular weight is 693 g/mol. The van der Waals surface area contributed by atoms with Crippen LogP contribution < -0.4 is 4.74 Å². The van der Waals surface area contributed by atoms with Gasteiger partial charge >= 0.3 is 0 Å². The predicted molar refractivity (Wildman–Crippen MR) is 218 cm³/mol. The first-order valence-electron chi connectivity index (χ1n) is 19.6. The second-order valence-corrected chi connectivity index (χ2v) is 16.3. The Morgan fingerprint density at radius 1 is 0.827 bits per heavy atom. The molecule has 0 aliphatic heterocycles. The third-order valence-corrected chi connectivity index (χ3v) is 11.1. The van der Waals surface area contributed by atoms with Crippen LogP contribution in [-0.4, -0.2) is 19.3 Å². The molecule has 0 fully saturated rings. The summed E-state index contributed by atoms with van der Waals surface area (Å²) in [6, 6.07) is 26.1. The second-order valence-electron chi connectivity index (χ2n) is 16.3. The Kier molecular flexibility index (Phi) is 9.91. The third-order valence-electron chi connectivity index (χ3n) is 11.1. The van der Waals surface area contributed by atoms with Crippen LogP contribution in [0.3, 0.4) is 0 Å². The number of pyridine rings is 1. The van der Waals surface area contributed by atoms with Crippen molar-refractivity contribution >= 4 is 21.8 Å². The minimum absolute atomic E-state index is 0.0824. The Morgan fingerprint density at radius 3 is 2.33 bits per heavy atom. The summed E-state index contributed by atoms with van der Waals surface area (Å²) in [6.07, 6.45) is 10.7. The van der Waals surface area contributed by atoms with Gasteiger partial charge in [-0.2, -0.15) is 5.10 Å². The van der Waals surface area contributed by atoms with E-state index in [4.69, 9.17) is 14.8 Å². The summed E-state index contributed by atoms with van der Waals surface area (Å²) in [5, 5.41) is 7.86. The molecule has 3 aromatic carbocycles. The normalized spacial score (nSPS) is 17.9. The molecule has 270 valence electrons. The number of hydrogen-bond donors (Lipinski definition) is 0. The molecule has 6 aromatic rings. The molecule has 0 radical (unpaired) electrons. The molecule has 0 bridgehead atoms. The lowest BCUT2D eigenvalue weighted by molar-refractivity contribution is 0.389. The standard InChI is InChI=1S/C47H56N4O/c1-10-15-40-46(45-31(5)23-30(4)24-32(45)6)42(16-11-2)51(49-40)35-26-34(47(7,8)9)27-37(28-35)52-36-19-20-39-38-17-13-14-18-41(38)50(43(39)29-36)44-25-33(12-3)21-22-48-44/h13-14,17-23,25-30,32,45H,10-12,15-16,24H2,1-9H3/t30-,32?,45-/m0/s1. The van der Waals surface area contributed by atoms with E-state index >= 15 is 0 Å².